The molecule has 3 N–H and O–H groups in total. The minimum atomic E-state index is -2.78. The number of anilines is 1. The van der Waals surface area contributed by atoms with Crippen LogP contribution >= 0.6 is 0 Å². The molecule has 8 nitrogen and oxygen atoms in total. The van der Waals surface area contributed by atoms with Crippen molar-refractivity contribution >= 4 is 28.8 Å². The van der Waals surface area contributed by atoms with Gasteiger partial charge in [0.05, 0.1) is 24.0 Å². The molecular formula is C23H17F4N5O3. The zero-order chi connectivity index (χ0) is 25.1. The number of fused-ring (bicyclic) bond motifs is 1. The number of nitrogens with two attached hydrogens (primary N) is 1. The molecule has 0 fully saturated rings. The van der Waals surface area contributed by atoms with Crippen molar-refractivity contribution < 1.29 is 31.9 Å². The molecule has 0 saturated carbocycles. The Balaban J connectivity index is 1.51. The van der Waals surface area contributed by atoms with Gasteiger partial charge in [0, 0.05) is 6.20 Å². The van der Waals surface area contributed by atoms with Gasteiger partial charge in [-0.2, -0.15) is 0 Å². The van der Waals surface area contributed by atoms with E-state index in [-0.39, 0.29) is 46.2 Å². The quantitative estimate of drug-likeness (QED) is 0.364. The average molecular weight is 487 g/mol. The van der Waals surface area contributed by atoms with Gasteiger partial charge in [-0.1, -0.05) is 6.07 Å². The number of alkyl halides is 2. The first-order chi connectivity index (χ1) is 16.7. The first-order valence-electron chi connectivity index (χ1n) is 10.2. The summed E-state index contributed by atoms with van der Waals surface area (Å²) in [6.07, 6.45) is -1.75. The first-order valence-corrected chi connectivity index (χ1v) is 10.2. The van der Waals surface area contributed by atoms with Crippen LogP contribution in [0.2, 0.25) is 0 Å². The van der Waals surface area contributed by atoms with Crippen LogP contribution in [-0.4, -0.2) is 32.8 Å². The van der Waals surface area contributed by atoms with Crippen LogP contribution in [0.25, 0.3) is 11.0 Å². The van der Waals surface area contributed by atoms with Gasteiger partial charge in [0.15, 0.2) is 11.6 Å². The van der Waals surface area contributed by atoms with E-state index in [0.29, 0.717) is 0 Å². The molecule has 2 amide bonds. The molecule has 0 aliphatic rings. The summed E-state index contributed by atoms with van der Waals surface area (Å²) in [5.74, 6) is -3.57. The molecule has 12 heteroatoms. The molecule has 2 heterocycles. The maximum atomic E-state index is 14.6. The Morgan fingerprint density at radius 1 is 1.11 bits per heavy atom. The number of hydrogen-bond acceptors (Lipinski definition) is 5. The van der Waals surface area contributed by atoms with Gasteiger partial charge < -0.3 is 15.0 Å². The van der Waals surface area contributed by atoms with Gasteiger partial charge in [0.2, 0.25) is 17.7 Å². The van der Waals surface area contributed by atoms with E-state index in [2.05, 4.69) is 15.3 Å². The highest BCUT2D eigenvalue weighted by molar-refractivity contribution is 5.95. The molecule has 0 aliphatic heterocycles. The summed E-state index contributed by atoms with van der Waals surface area (Å²) < 4.78 is 60.7. The molecule has 0 bridgehead atoms. The van der Waals surface area contributed by atoms with Crippen LogP contribution in [0, 0.1) is 11.6 Å². The monoisotopic (exact) mass is 487 g/mol. The first kappa shape index (κ1) is 23.7. The van der Waals surface area contributed by atoms with E-state index in [9.17, 15) is 27.2 Å². The lowest BCUT2D eigenvalue weighted by atomic mass is 10.1. The molecular weight excluding hydrogens is 470 g/mol. The zero-order valence-corrected chi connectivity index (χ0v) is 17.8. The topological polar surface area (TPSA) is 112 Å². The molecule has 4 rings (SSSR count). The Bertz CT molecular complexity index is 1420. The minimum Gasteiger partial charge on any atom is -0.435 e. The molecule has 2 aromatic carbocycles. The number of amides is 2. The van der Waals surface area contributed by atoms with Crippen LogP contribution in [0.5, 0.6) is 11.6 Å². The second-order valence-corrected chi connectivity index (χ2v) is 7.38. The largest absolute Gasteiger partial charge is 0.435 e. The third-order valence-electron chi connectivity index (χ3n) is 4.89. The number of hydrogen-bond donors (Lipinski definition) is 2. The van der Waals surface area contributed by atoms with Crippen molar-refractivity contribution in [3.8, 4) is 11.6 Å². The van der Waals surface area contributed by atoms with Crippen molar-refractivity contribution in [3.63, 3.8) is 0 Å². The lowest BCUT2D eigenvalue weighted by molar-refractivity contribution is -0.115. The number of primary amides is 1. The highest BCUT2D eigenvalue weighted by Crippen LogP contribution is 2.27. The van der Waals surface area contributed by atoms with E-state index in [1.165, 1.54) is 36.5 Å². The summed E-state index contributed by atoms with van der Waals surface area (Å²) >= 11 is 0. The maximum absolute atomic E-state index is 14.6. The van der Waals surface area contributed by atoms with Crippen molar-refractivity contribution in [2.24, 2.45) is 5.73 Å². The Hall–Kier alpha value is -4.48. The summed E-state index contributed by atoms with van der Waals surface area (Å²) in [7, 11) is 0. The van der Waals surface area contributed by atoms with Crippen LogP contribution in [0.3, 0.4) is 0 Å². The molecule has 0 radical (unpaired) electrons. The van der Waals surface area contributed by atoms with Crippen LogP contribution < -0.4 is 15.8 Å². The Labute approximate surface area is 195 Å². The third-order valence-corrected chi connectivity index (χ3v) is 4.89. The van der Waals surface area contributed by atoms with Crippen LogP contribution in [0.4, 0.5) is 23.5 Å². The number of nitrogens with zero attached hydrogens (tertiary/aromatic N) is 3. The van der Waals surface area contributed by atoms with Crippen LogP contribution in [-0.2, 0) is 17.8 Å². The van der Waals surface area contributed by atoms with Gasteiger partial charge in [-0.25, -0.2) is 27.5 Å². The molecule has 0 aliphatic carbocycles. The minimum absolute atomic E-state index is 0.0399. The second kappa shape index (κ2) is 9.79. The number of carbonyl (C=O) groups excluding carboxylic acids is 2. The van der Waals surface area contributed by atoms with Crippen molar-refractivity contribution in [2.45, 2.75) is 19.4 Å². The van der Waals surface area contributed by atoms with E-state index in [0.717, 1.165) is 22.8 Å². The summed E-state index contributed by atoms with van der Waals surface area (Å²) in [5, 5.41) is 2.41. The number of rotatable bonds is 8. The lowest BCUT2D eigenvalue weighted by Gasteiger charge is -2.11. The molecule has 0 unspecified atom stereocenters. The van der Waals surface area contributed by atoms with E-state index < -0.39 is 36.4 Å². The fourth-order valence-electron chi connectivity index (χ4n) is 3.37. The number of halogens is 4. The number of imidazole rings is 1. The van der Waals surface area contributed by atoms with Crippen molar-refractivity contribution in [1.29, 1.82) is 0 Å². The van der Waals surface area contributed by atoms with Crippen molar-refractivity contribution in [1.82, 2.24) is 14.5 Å². The molecule has 0 spiro atoms. The lowest BCUT2D eigenvalue weighted by Crippen LogP contribution is -2.19. The van der Waals surface area contributed by atoms with Crippen molar-refractivity contribution in [3.05, 3.63) is 77.5 Å². The van der Waals surface area contributed by atoms with Gasteiger partial charge in [0.25, 0.3) is 12.3 Å². The molecule has 2 aromatic heterocycles. The van der Waals surface area contributed by atoms with Gasteiger partial charge >= 0.3 is 0 Å². The Morgan fingerprint density at radius 2 is 1.91 bits per heavy atom. The third kappa shape index (κ3) is 5.37. The SMILES string of the molecule is NC(=O)c1cccnc1Oc1ccc(CC(=O)Nc2nc3ccc(F)cc3n2CC(F)F)cc1F. The van der Waals surface area contributed by atoms with E-state index in [4.69, 9.17) is 10.5 Å². The maximum Gasteiger partial charge on any atom is 0.256 e. The predicted octanol–water partition coefficient (Wildman–Crippen LogP) is 4.05. The summed E-state index contributed by atoms with van der Waals surface area (Å²) in [4.78, 5) is 32.0. The zero-order valence-electron chi connectivity index (χ0n) is 17.8. The number of benzene rings is 2. The normalized spacial score (nSPS) is 11.1. The van der Waals surface area contributed by atoms with E-state index >= 15 is 0 Å². The fraction of sp³-hybridized carbons (Fsp3) is 0.130. The number of carbonyl (C=O) groups is 2. The van der Waals surface area contributed by atoms with Gasteiger partial charge in [-0.15, -0.1) is 0 Å². The number of nitrogens with one attached hydrogen (secondary N) is 1. The van der Waals surface area contributed by atoms with E-state index in [1.807, 2.05) is 0 Å². The second-order valence-electron chi connectivity index (χ2n) is 7.38. The number of aromatic nitrogens is 3. The average Bonchev–Trinajstić information content (AvgIpc) is 3.11. The van der Waals surface area contributed by atoms with Gasteiger partial charge in [0.1, 0.15) is 11.4 Å². The molecule has 4 aromatic rings. The standard InChI is InChI=1S/C23H17F4N5O3/c24-13-4-5-16-17(10-13)32(11-19(26)27)23(30-16)31-20(33)9-12-3-6-18(15(25)8-12)35-22-14(21(28)34)2-1-7-29-22/h1-8,10,19H,9,11H2,(H2,28,34)(H,30,31,33). The molecule has 0 saturated heterocycles. The van der Waals surface area contributed by atoms with Crippen LogP contribution in [0.1, 0.15) is 15.9 Å². The summed E-state index contributed by atoms with van der Waals surface area (Å²) in [6.45, 7) is -0.808. The Kier molecular flexibility index (Phi) is 6.62. The Morgan fingerprint density at radius 3 is 2.63 bits per heavy atom. The number of pyridine rings is 1. The van der Waals surface area contributed by atoms with Gasteiger partial charge in [-0.05, 0) is 48.0 Å². The smallest absolute Gasteiger partial charge is 0.256 e. The predicted molar refractivity (Wildman–Crippen MR) is 117 cm³/mol. The highest BCUT2D eigenvalue weighted by atomic mass is 19.3. The molecule has 180 valence electrons. The van der Waals surface area contributed by atoms with Gasteiger partial charge in [-0.3, -0.25) is 14.9 Å². The van der Waals surface area contributed by atoms with Crippen molar-refractivity contribution in [2.75, 3.05) is 5.32 Å². The summed E-state index contributed by atoms with van der Waals surface area (Å²) in [6, 6.07) is 10.0. The highest BCUT2D eigenvalue weighted by Gasteiger charge is 2.18. The summed E-state index contributed by atoms with van der Waals surface area (Å²) in [5.41, 5.74) is 5.77. The van der Waals surface area contributed by atoms with Crippen LogP contribution in [0.15, 0.2) is 54.7 Å². The molecule has 35 heavy (non-hydrogen) atoms. The van der Waals surface area contributed by atoms with E-state index in [1.54, 1.807) is 0 Å². The number of ether oxygens (including phenoxy) is 1. The fourth-order valence-corrected chi connectivity index (χ4v) is 3.37. The molecule has 0 atom stereocenters.